The zero-order valence-electron chi connectivity index (χ0n) is 10.3. The molecule has 1 aromatic heterocycles. The highest BCUT2D eigenvalue weighted by Gasteiger charge is 2.06. The number of aromatic nitrogens is 2. The van der Waals surface area contributed by atoms with Crippen molar-refractivity contribution in [2.24, 2.45) is 0 Å². The maximum atomic E-state index is 5.04. The van der Waals surface area contributed by atoms with Crippen LogP contribution in [-0.4, -0.2) is 41.3 Å². The third-order valence-corrected chi connectivity index (χ3v) is 3.09. The zero-order chi connectivity index (χ0) is 11.8. The quantitative estimate of drug-likeness (QED) is 0.710. The lowest BCUT2D eigenvalue weighted by atomic mass is 10.4. The van der Waals surface area contributed by atoms with Gasteiger partial charge in [0.25, 0.3) is 0 Å². The molecule has 0 aliphatic heterocycles. The number of hydrogen-bond acceptors (Lipinski definition) is 4. The minimum Gasteiger partial charge on any atom is -0.385 e. The molecule has 4 nitrogen and oxygen atoms in total. The molecule has 1 aromatic rings. The van der Waals surface area contributed by atoms with Crippen molar-refractivity contribution < 1.29 is 4.74 Å². The molecule has 0 aliphatic carbocycles. The first-order valence-electron chi connectivity index (χ1n) is 5.53. The van der Waals surface area contributed by atoms with Gasteiger partial charge in [-0.1, -0.05) is 0 Å². The Labute approximate surface area is 102 Å². The van der Waals surface area contributed by atoms with Gasteiger partial charge in [0, 0.05) is 44.4 Å². The van der Waals surface area contributed by atoms with Crippen molar-refractivity contribution in [2.45, 2.75) is 25.9 Å². The number of anilines is 1. The SMILES string of the molecule is COCCCn1ccnc1NC(C)CSC. The second-order valence-corrected chi connectivity index (χ2v) is 4.70. The molecule has 0 bridgehead atoms. The molecule has 1 heterocycles. The molecule has 1 unspecified atom stereocenters. The van der Waals surface area contributed by atoms with Crippen molar-refractivity contribution in [1.82, 2.24) is 9.55 Å². The molecule has 0 fully saturated rings. The molecule has 0 aliphatic rings. The van der Waals surface area contributed by atoms with E-state index in [2.05, 4.69) is 28.0 Å². The minimum atomic E-state index is 0.443. The van der Waals surface area contributed by atoms with Gasteiger partial charge in [0.15, 0.2) is 0 Å². The van der Waals surface area contributed by atoms with Crippen molar-refractivity contribution in [1.29, 1.82) is 0 Å². The lowest BCUT2D eigenvalue weighted by Crippen LogP contribution is -2.20. The lowest BCUT2D eigenvalue weighted by molar-refractivity contribution is 0.190. The van der Waals surface area contributed by atoms with Crippen LogP contribution in [-0.2, 0) is 11.3 Å². The van der Waals surface area contributed by atoms with Crippen LogP contribution >= 0.6 is 11.8 Å². The molecule has 0 saturated heterocycles. The van der Waals surface area contributed by atoms with Gasteiger partial charge in [-0.15, -0.1) is 0 Å². The number of rotatable bonds is 8. The summed E-state index contributed by atoms with van der Waals surface area (Å²) in [5.74, 6) is 2.04. The molecule has 0 spiro atoms. The van der Waals surface area contributed by atoms with E-state index in [-0.39, 0.29) is 0 Å². The van der Waals surface area contributed by atoms with E-state index in [0.29, 0.717) is 6.04 Å². The number of methoxy groups -OCH3 is 1. The predicted octanol–water partition coefficient (Wildman–Crippen LogP) is 2.08. The Bertz CT molecular complexity index is 291. The van der Waals surface area contributed by atoms with Crippen molar-refractivity contribution >= 4 is 17.7 Å². The fourth-order valence-corrected chi connectivity index (χ4v) is 2.10. The van der Waals surface area contributed by atoms with Crippen LogP contribution in [0.5, 0.6) is 0 Å². The van der Waals surface area contributed by atoms with E-state index in [1.807, 2.05) is 24.2 Å². The van der Waals surface area contributed by atoms with Gasteiger partial charge >= 0.3 is 0 Å². The molecule has 0 aromatic carbocycles. The van der Waals surface area contributed by atoms with E-state index >= 15 is 0 Å². The number of aryl methyl sites for hydroxylation is 1. The van der Waals surface area contributed by atoms with E-state index in [4.69, 9.17) is 4.74 Å². The van der Waals surface area contributed by atoms with E-state index in [1.165, 1.54) is 0 Å². The van der Waals surface area contributed by atoms with Gasteiger partial charge in [-0.2, -0.15) is 11.8 Å². The summed E-state index contributed by atoms with van der Waals surface area (Å²) in [4.78, 5) is 4.32. The van der Waals surface area contributed by atoms with Crippen LogP contribution < -0.4 is 5.32 Å². The normalized spacial score (nSPS) is 12.7. The van der Waals surface area contributed by atoms with Gasteiger partial charge < -0.3 is 14.6 Å². The van der Waals surface area contributed by atoms with Crippen LogP contribution in [0.2, 0.25) is 0 Å². The first-order chi connectivity index (χ1) is 7.77. The van der Waals surface area contributed by atoms with Crippen LogP contribution in [0.25, 0.3) is 0 Å². The number of hydrogen-bond donors (Lipinski definition) is 1. The van der Waals surface area contributed by atoms with Gasteiger partial charge in [0.1, 0.15) is 0 Å². The first kappa shape index (κ1) is 13.4. The lowest BCUT2D eigenvalue weighted by Gasteiger charge is -2.14. The Balaban J connectivity index is 2.43. The summed E-state index contributed by atoms with van der Waals surface area (Å²) < 4.78 is 7.18. The molecule has 16 heavy (non-hydrogen) atoms. The standard InChI is InChI=1S/C11H21N3OS/c1-10(9-16-3)13-11-12-5-7-14(11)6-4-8-15-2/h5,7,10H,4,6,8-9H2,1-3H3,(H,12,13). The van der Waals surface area contributed by atoms with Crippen LogP contribution in [0, 0.1) is 0 Å². The Morgan fingerprint density at radius 1 is 1.62 bits per heavy atom. The van der Waals surface area contributed by atoms with Crippen LogP contribution in [0.15, 0.2) is 12.4 Å². The molecule has 1 atom stereocenters. The fraction of sp³-hybridized carbons (Fsp3) is 0.727. The number of nitrogens with zero attached hydrogens (tertiary/aromatic N) is 2. The number of ether oxygens (including phenoxy) is 1. The predicted molar refractivity (Wildman–Crippen MR) is 70.2 cm³/mol. The monoisotopic (exact) mass is 243 g/mol. The van der Waals surface area contributed by atoms with Crippen LogP contribution in [0.1, 0.15) is 13.3 Å². The highest BCUT2D eigenvalue weighted by molar-refractivity contribution is 7.98. The summed E-state index contributed by atoms with van der Waals surface area (Å²) in [6.07, 6.45) is 6.96. The van der Waals surface area contributed by atoms with E-state index in [1.54, 1.807) is 7.11 Å². The molecule has 0 amide bonds. The molecule has 0 radical (unpaired) electrons. The summed E-state index contributed by atoms with van der Waals surface area (Å²) in [6.45, 7) is 3.91. The van der Waals surface area contributed by atoms with Gasteiger partial charge in [0.05, 0.1) is 0 Å². The van der Waals surface area contributed by atoms with Crippen LogP contribution in [0.4, 0.5) is 5.95 Å². The van der Waals surface area contributed by atoms with Gasteiger partial charge in [0.2, 0.25) is 5.95 Å². The van der Waals surface area contributed by atoms with Crippen molar-refractivity contribution in [3.63, 3.8) is 0 Å². The summed E-state index contributed by atoms with van der Waals surface area (Å²) in [5, 5.41) is 3.41. The van der Waals surface area contributed by atoms with E-state index in [9.17, 15) is 0 Å². The zero-order valence-corrected chi connectivity index (χ0v) is 11.1. The van der Waals surface area contributed by atoms with Gasteiger partial charge in [-0.3, -0.25) is 0 Å². The number of thioether (sulfide) groups is 1. The highest BCUT2D eigenvalue weighted by atomic mass is 32.2. The molecular formula is C11H21N3OS. The average molecular weight is 243 g/mol. The van der Waals surface area contributed by atoms with Crippen molar-refractivity contribution in [2.75, 3.05) is 31.0 Å². The molecule has 1 N–H and O–H groups in total. The average Bonchev–Trinajstić information content (AvgIpc) is 2.66. The van der Waals surface area contributed by atoms with E-state index in [0.717, 1.165) is 31.3 Å². The highest BCUT2D eigenvalue weighted by Crippen LogP contribution is 2.09. The van der Waals surface area contributed by atoms with Crippen LogP contribution in [0.3, 0.4) is 0 Å². The molecule has 1 rings (SSSR count). The van der Waals surface area contributed by atoms with Crippen molar-refractivity contribution in [3.05, 3.63) is 12.4 Å². The molecule has 5 heteroatoms. The summed E-state index contributed by atoms with van der Waals surface area (Å²) in [7, 11) is 1.73. The maximum absolute atomic E-state index is 5.04. The first-order valence-corrected chi connectivity index (χ1v) is 6.93. The summed E-state index contributed by atoms with van der Waals surface area (Å²) in [5.41, 5.74) is 0. The second-order valence-electron chi connectivity index (χ2n) is 3.79. The molecular weight excluding hydrogens is 222 g/mol. The largest absolute Gasteiger partial charge is 0.385 e. The van der Waals surface area contributed by atoms with Gasteiger partial charge in [-0.25, -0.2) is 4.98 Å². The third-order valence-electron chi connectivity index (χ3n) is 2.26. The summed E-state index contributed by atoms with van der Waals surface area (Å²) in [6, 6.07) is 0.443. The second kappa shape index (κ2) is 7.57. The maximum Gasteiger partial charge on any atom is 0.203 e. The third kappa shape index (κ3) is 4.45. The Morgan fingerprint density at radius 3 is 3.12 bits per heavy atom. The number of imidazole rings is 1. The summed E-state index contributed by atoms with van der Waals surface area (Å²) >= 11 is 1.84. The topological polar surface area (TPSA) is 39.1 Å². The number of nitrogens with one attached hydrogen (secondary N) is 1. The fourth-order valence-electron chi connectivity index (χ4n) is 1.52. The smallest absolute Gasteiger partial charge is 0.203 e. The van der Waals surface area contributed by atoms with Crippen molar-refractivity contribution in [3.8, 4) is 0 Å². The van der Waals surface area contributed by atoms with Gasteiger partial charge in [-0.05, 0) is 19.6 Å². The molecule has 0 saturated carbocycles. The Kier molecular flexibility index (Phi) is 6.33. The Morgan fingerprint density at radius 2 is 2.44 bits per heavy atom. The minimum absolute atomic E-state index is 0.443. The molecule has 92 valence electrons. The van der Waals surface area contributed by atoms with E-state index < -0.39 is 0 Å². The Hall–Kier alpha value is -0.680.